The maximum atomic E-state index is 9.52. The van der Waals surface area contributed by atoms with E-state index in [9.17, 15) is 5.11 Å². The lowest BCUT2D eigenvalue weighted by atomic mass is 9.84. The van der Waals surface area contributed by atoms with E-state index >= 15 is 0 Å². The van der Waals surface area contributed by atoms with Crippen molar-refractivity contribution in [3.05, 3.63) is 35.0 Å². The lowest BCUT2D eigenvalue weighted by molar-refractivity contribution is 0.0604. The van der Waals surface area contributed by atoms with Gasteiger partial charge in [0.25, 0.3) is 0 Å². The molecular weight excluding hydrogens is 396 g/mol. The van der Waals surface area contributed by atoms with E-state index in [4.69, 9.17) is 9.72 Å². The van der Waals surface area contributed by atoms with Gasteiger partial charge in [0.05, 0.1) is 23.9 Å². The summed E-state index contributed by atoms with van der Waals surface area (Å²) in [6, 6.07) is 6.69. The van der Waals surface area contributed by atoms with Gasteiger partial charge in [-0.05, 0) is 61.4 Å². The highest BCUT2D eigenvalue weighted by Gasteiger charge is 2.29. The molecule has 1 aliphatic carbocycles. The number of hydrazone groups is 1. The number of aromatic nitrogens is 1. The van der Waals surface area contributed by atoms with Crippen molar-refractivity contribution >= 4 is 29.4 Å². The van der Waals surface area contributed by atoms with E-state index in [1.54, 1.807) is 11.8 Å². The SMILES string of the molecule is C=NNC(NC1CC(O)C1)SCc1cc(C)c2cc(OCC)cc(C(C)(C)C)c2n1. The highest BCUT2D eigenvalue weighted by molar-refractivity contribution is 7.99. The predicted molar refractivity (Wildman–Crippen MR) is 126 cm³/mol. The van der Waals surface area contributed by atoms with Gasteiger partial charge in [-0.3, -0.25) is 15.7 Å². The molecule has 1 heterocycles. The van der Waals surface area contributed by atoms with Crippen LogP contribution in [0.25, 0.3) is 10.9 Å². The van der Waals surface area contributed by atoms with Crippen molar-refractivity contribution in [3.8, 4) is 5.75 Å². The summed E-state index contributed by atoms with van der Waals surface area (Å²) in [5, 5.41) is 18.0. The van der Waals surface area contributed by atoms with Crippen molar-refractivity contribution < 1.29 is 9.84 Å². The first-order valence-electron chi connectivity index (χ1n) is 10.6. The molecule has 1 aromatic carbocycles. The van der Waals surface area contributed by atoms with Crippen LogP contribution in [0, 0.1) is 6.92 Å². The Labute approximate surface area is 183 Å². The molecule has 7 heteroatoms. The summed E-state index contributed by atoms with van der Waals surface area (Å²) in [6.07, 6.45) is 1.37. The molecule has 0 bridgehead atoms. The second kappa shape index (κ2) is 9.54. The van der Waals surface area contributed by atoms with Crippen molar-refractivity contribution in [1.82, 2.24) is 15.7 Å². The molecule has 0 saturated heterocycles. The van der Waals surface area contributed by atoms with Crippen LogP contribution in [0.1, 0.15) is 57.4 Å². The van der Waals surface area contributed by atoms with Crippen LogP contribution in [-0.4, -0.2) is 41.1 Å². The molecule has 6 nitrogen and oxygen atoms in total. The number of pyridine rings is 1. The van der Waals surface area contributed by atoms with Gasteiger partial charge in [-0.25, -0.2) is 0 Å². The predicted octanol–water partition coefficient (Wildman–Crippen LogP) is 4.07. The Bertz CT molecular complexity index is 891. The summed E-state index contributed by atoms with van der Waals surface area (Å²) in [7, 11) is 0. The number of aliphatic hydroxyl groups excluding tert-OH is 1. The topological polar surface area (TPSA) is 78.8 Å². The number of rotatable bonds is 9. The van der Waals surface area contributed by atoms with Crippen molar-refractivity contribution in [3.63, 3.8) is 0 Å². The molecular formula is C23H34N4O2S. The standard InChI is InChI=1S/C23H34N4O2S/c1-7-29-18-11-19-14(2)8-16(25-21(19)20(12-18)23(3,4)5)13-30-22(27-24-6)26-15-9-17(28)10-15/h8,11-12,15,17,22,26-28H,6-7,9-10,13H2,1-5H3. The molecule has 3 N–H and O–H groups in total. The van der Waals surface area contributed by atoms with Crippen LogP contribution in [0.3, 0.4) is 0 Å². The van der Waals surface area contributed by atoms with Crippen molar-refractivity contribution in [1.29, 1.82) is 0 Å². The monoisotopic (exact) mass is 430 g/mol. The minimum Gasteiger partial charge on any atom is -0.494 e. The fourth-order valence-electron chi connectivity index (χ4n) is 3.74. The van der Waals surface area contributed by atoms with Crippen LogP contribution in [0.4, 0.5) is 0 Å². The van der Waals surface area contributed by atoms with Gasteiger partial charge in [-0.2, -0.15) is 5.10 Å². The molecule has 1 aliphatic rings. The summed E-state index contributed by atoms with van der Waals surface area (Å²) in [5.41, 5.74) is 7.38. The lowest BCUT2D eigenvalue weighted by Gasteiger charge is -2.35. The van der Waals surface area contributed by atoms with Crippen LogP contribution >= 0.6 is 11.8 Å². The zero-order valence-corrected chi connectivity index (χ0v) is 19.5. The molecule has 0 radical (unpaired) electrons. The highest BCUT2D eigenvalue weighted by atomic mass is 32.2. The first-order chi connectivity index (χ1) is 14.2. The largest absolute Gasteiger partial charge is 0.494 e. The second-order valence-electron chi connectivity index (χ2n) is 8.95. The normalized spacial score (nSPS) is 19.9. The number of thioether (sulfide) groups is 1. The second-order valence-corrected chi connectivity index (χ2v) is 10.0. The quantitative estimate of drug-likeness (QED) is 0.316. The van der Waals surface area contributed by atoms with Crippen molar-refractivity contribution in [2.75, 3.05) is 6.61 Å². The first kappa shape index (κ1) is 22.8. The van der Waals surface area contributed by atoms with Gasteiger partial charge in [-0.1, -0.05) is 20.8 Å². The van der Waals surface area contributed by atoms with Gasteiger partial charge in [0.15, 0.2) is 0 Å². The van der Waals surface area contributed by atoms with E-state index in [1.807, 2.05) is 6.92 Å². The van der Waals surface area contributed by atoms with Crippen molar-refractivity contribution in [2.24, 2.45) is 5.10 Å². The summed E-state index contributed by atoms with van der Waals surface area (Å²) in [5.74, 6) is 1.64. The summed E-state index contributed by atoms with van der Waals surface area (Å²) in [6.45, 7) is 15.0. The number of ether oxygens (including phenoxy) is 1. The molecule has 1 aromatic heterocycles. The fraction of sp³-hybridized carbons (Fsp3) is 0.565. The van der Waals surface area contributed by atoms with Crippen LogP contribution in [0.15, 0.2) is 23.3 Å². The van der Waals surface area contributed by atoms with E-state index in [1.165, 1.54) is 11.1 Å². The molecule has 1 saturated carbocycles. The van der Waals surface area contributed by atoms with E-state index in [0.29, 0.717) is 12.6 Å². The number of aliphatic hydroxyl groups is 1. The molecule has 1 unspecified atom stereocenters. The Morgan fingerprint density at radius 3 is 2.67 bits per heavy atom. The zero-order chi connectivity index (χ0) is 21.9. The van der Waals surface area contributed by atoms with Gasteiger partial charge >= 0.3 is 0 Å². The number of hydrogen-bond acceptors (Lipinski definition) is 7. The Balaban J connectivity index is 1.85. The van der Waals surface area contributed by atoms with Crippen molar-refractivity contribution in [2.45, 2.75) is 76.3 Å². The van der Waals surface area contributed by atoms with E-state index in [0.717, 1.165) is 40.9 Å². The molecule has 2 aromatic rings. The average molecular weight is 431 g/mol. The maximum Gasteiger partial charge on any atom is 0.141 e. The molecule has 30 heavy (non-hydrogen) atoms. The van der Waals surface area contributed by atoms with Gasteiger partial charge in [-0.15, -0.1) is 11.8 Å². The van der Waals surface area contributed by atoms with E-state index in [-0.39, 0.29) is 17.0 Å². The van der Waals surface area contributed by atoms with Crippen LogP contribution < -0.4 is 15.5 Å². The first-order valence-corrected chi connectivity index (χ1v) is 11.6. The molecule has 1 fully saturated rings. The molecule has 3 rings (SSSR count). The van der Waals surface area contributed by atoms with Gasteiger partial charge in [0.1, 0.15) is 11.2 Å². The fourth-order valence-corrected chi connectivity index (χ4v) is 4.66. The van der Waals surface area contributed by atoms with Crippen LogP contribution in [0.5, 0.6) is 5.75 Å². The van der Waals surface area contributed by atoms with Gasteiger partial charge in [0, 0.05) is 23.9 Å². The molecule has 0 spiro atoms. The number of benzene rings is 1. The van der Waals surface area contributed by atoms with Gasteiger partial charge in [0.2, 0.25) is 0 Å². The van der Waals surface area contributed by atoms with Gasteiger partial charge < -0.3 is 9.84 Å². The Hall–Kier alpha value is -1.83. The van der Waals surface area contributed by atoms with Crippen LogP contribution in [0.2, 0.25) is 0 Å². The summed E-state index contributed by atoms with van der Waals surface area (Å²) < 4.78 is 5.82. The number of aryl methyl sites for hydroxylation is 1. The van der Waals surface area contributed by atoms with E-state index < -0.39 is 0 Å². The molecule has 1 atom stereocenters. The number of hydrogen-bond donors (Lipinski definition) is 3. The lowest BCUT2D eigenvalue weighted by Crippen LogP contribution is -2.51. The minimum absolute atomic E-state index is 0.0416. The Morgan fingerprint density at radius 1 is 1.33 bits per heavy atom. The third-order valence-electron chi connectivity index (χ3n) is 5.37. The number of fused-ring (bicyclic) bond motifs is 1. The van der Waals surface area contributed by atoms with Crippen LogP contribution in [-0.2, 0) is 11.2 Å². The Morgan fingerprint density at radius 2 is 2.07 bits per heavy atom. The summed E-state index contributed by atoms with van der Waals surface area (Å²) >= 11 is 1.70. The molecule has 164 valence electrons. The third-order valence-corrected chi connectivity index (χ3v) is 6.41. The smallest absolute Gasteiger partial charge is 0.141 e. The molecule has 0 amide bonds. The molecule has 0 aliphatic heterocycles. The third kappa shape index (κ3) is 5.45. The zero-order valence-electron chi connectivity index (χ0n) is 18.7. The number of nitrogens with zero attached hydrogens (tertiary/aromatic N) is 2. The number of nitrogens with one attached hydrogen (secondary N) is 2. The Kier molecular flexibility index (Phi) is 7.26. The minimum atomic E-state index is -0.188. The summed E-state index contributed by atoms with van der Waals surface area (Å²) in [4.78, 5) is 5.04. The highest BCUT2D eigenvalue weighted by Crippen LogP contribution is 2.35. The van der Waals surface area contributed by atoms with E-state index in [2.05, 4.69) is 68.5 Å². The average Bonchev–Trinajstić information content (AvgIpc) is 2.64. The maximum absolute atomic E-state index is 9.52.